The van der Waals surface area contributed by atoms with E-state index >= 15 is 0 Å². The largest absolute Gasteiger partial charge is 0.472 e. The topological polar surface area (TPSA) is 118 Å². The number of aliphatic hydroxyl groups excluding tert-OH is 1. The number of allylic oxidation sites excluding steroid dienone is 8. The summed E-state index contributed by atoms with van der Waals surface area (Å²) in [4.78, 5) is 23.1. The molecule has 5 atom stereocenters. The lowest BCUT2D eigenvalue weighted by atomic mass is 10.0. The highest BCUT2D eigenvalue weighted by Crippen LogP contribution is 2.43. The molecule has 9 nitrogen and oxygen atoms in total. The van der Waals surface area contributed by atoms with E-state index in [1.807, 2.05) is 33.3 Å². The van der Waals surface area contributed by atoms with E-state index in [0.29, 0.717) is 36.1 Å². The zero-order valence-electron chi connectivity index (χ0n) is 35.6. The second-order valence-corrected chi connectivity index (χ2v) is 17.5. The van der Waals surface area contributed by atoms with E-state index in [2.05, 4.69) is 67.8 Å². The summed E-state index contributed by atoms with van der Waals surface area (Å²) in [6.45, 7) is 4.68. The number of likely N-dealkylation sites (N-methyl/N-ethyl adjacent to an activating group) is 1. The van der Waals surface area contributed by atoms with Crippen LogP contribution in [0, 0.1) is 0 Å². The molecule has 1 aliphatic rings. The average molecular weight is 794 g/mol. The number of rotatable bonds is 37. The number of phosphoric acid groups is 1. The standard InChI is InChI=1S/C45H81N2O7P/c1-6-8-10-11-12-13-14-15-18-21-24-27-31-34-42(48)41(40-53-55(50,51)52-39-38-47(3,4)5)46-45(49)37-33-29-26-23-20-17-16-19-22-25-28-32-36-44-43(54-44)35-30-9-7-2/h9,17,19-20,22,26,28-30,32,41-44,48H,6-8,10-16,18,21,23-25,27,31,33-40H2,1-5H3,(H-,46,49,50,51)/p+1/b20-17-,22-19-,29-26-,30-9-,32-28-/t41-,42+,43?,44?/m0/s1. The summed E-state index contributed by atoms with van der Waals surface area (Å²) >= 11 is 0. The van der Waals surface area contributed by atoms with Crippen LogP contribution in [-0.4, -0.2) is 85.6 Å². The van der Waals surface area contributed by atoms with Crippen molar-refractivity contribution in [2.45, 2.75) is 179 Å². The van der Waals surface area contributed by atoms with Crippen LogP contribution in [0.1, 0.15) is 155 Å². The molecule has 0 aromatic carbocycles. The molecule has 0 aromatic heterocycles. The molecule has 0 aromatic rings. The number of hydrogen-bond acceptors (Lipinski definition) is 6. The molecule has 0 aliphatic carbocycles. The van der Waals surface area contributed by atoms with E-state index in [1.54, 1.807) is 0 Å². The molecule has 10 heteroatoms. The average Bonchev–Trinajstić information content (AvgIpc) is 3.89. The van der Waals surface area contributed by atoms with Gasteiger partial charge in [0.1, 0.15) is 13.2 Å². The van der Waals surface area contributed by atoms with Crippen LogP contribution in [0.5, 0.6) is 0 Å². The van der Waals surface area contributed by atoms with Gasteiger partial charge in [-0.3, -0.25) is 13.8 Å². The molecule has 55 heavy (non-hydrogen) atoms. The van der Waals surface area contributed by atoms with Crippen molar-refractivity contribution >= 4 is 13.7 Å². The molecule has 0 spiro atoms. The second-order valence-electron chi connectivity index (χ2n) is 16.1. The Labute approximate surface area is 337 Å². The number of nitrogens with zero attached hydrogens (tertiary/aromatic N) is 1. The van der Waals surface area contributed by atoms with Gasteiger partial charge in [0.05, 0.1) is 52.1 Å². The van der Waals surface area contributed by atoms with Gasteiger partial charge in [-0.1, -0.05) is 158 Å². The smallest absolute Gasteiger partial charge is 0.391 e. The maximum Gasteiger partial charge on any atom is 0.472 e. The number of unbranched alkanes of at least 4 members (excludes halogenated alkanes) is 12. The third kappa shape index (κ3) is 32.9. The second kappa shape index (κ2) is 33.2. The van der Waals surface area contributed by atoms with Crippen molar-refractivity contribution in [3.05, 3.63) is 60.8 Å². The van der Waals surface area contributed by atoms with Gasteiger partial charge in [-0.05, 0) is 51.4 Å². The monoisotopic (exact) mass is 794 g/mol. The summed E-state index contributed by atoms with van der Waals surface area (Å²) in [5.74, 6) is -0.232. The van der Waals surface area contributed by atoms with Gasteiger partial charge >= 0.3 is 7.82 Å². The fraction of sp³-hybridized carbons (Fsp3) is 0.756. The first-order valence-corrected chi connectivity index (χ1v) is 23.3. The van der Waals surface area contributed by atoms with Crippen LogP contribution in [0.25, 0.3) is 0 Å². The van der Waals surface area contributed by atoms with E-state index in [-0.39, 0.29) is 25.5 Å². The Morgan fingerprint density at radius 2 is 1.22 bits per heavy atom. The number of hydrogen-bond donors (Lipinski definition) is 3. The Balaban J connectivity index is 2.35. The van der Waals surface area contributed by atoms with Crippen molar-refractivity contribution in [3.8, 4) is 0 Å². The zero-order valence-corrected chi connectivity index (χ0v) is 36.5. The first-order valence-electron chi connectivity index (χ1n) is 21.8. The van der Waals surface area contributed by atoms with E-state index < -0.39 is 20.0 Å². The van der Waals surface area contributed by atoms with Crippen LogP contribution in [0.2, 0.25) is 0 Å². The molecule has 1 saturated heterocycles. The Morgan fingerprint density at radius 3 is 1.75 bits per heavy atom. The van der Waals surface area contributed by atoms with Crippen LogP contribution < -0.4 is 5.32 Å². The lowest BCUT2D eigenvalue weighted by Gasteiger charge is -2.26. The van der Waals surface area contributed by atoms with Crippen LogP contribution in [-0.2, 0) is 23.1 Å². The number of phosphoric ester groups is 1. The quantitative estimate of drug-likeness (QED) is 0.0188. The highest BCUT2D eigenvalue weighted by Gasteiger charge is 2.36. The van der Waals surface area contributed by atoms with E-state index in [0.717, 1.165) is 57.8 Å². The van der Waals surface area contributed by atoms with Crippen molar-refractivity contribution in [2.24, 2.45) is 0 Å². The van der Waals surface area contributed by atoms with Crippen molar-refractivity contribution in [1.29, 1.82) is 0 Å². The Kier molecular flexibility index (Phi) is 30.9. The fourth-order valence-electron chi connectivity index (χ4n) is 6.11. The summed E-state index contributed by atoms with van der Waals surface area (Å²) < 4.78 is 29.2. The number of aliphatic hydroxyl groups is 1. The van der Waals surface area contributed by atoms with Crippen molar-refractivity contribution < 1.29 is 37.6 Å². The van der Waals surface area contributed by atoms with E-state index in [9.17, 15) is 19.4 Å². The highest BCUT2D eigenvalue weighted by atomic mass is 31.2. The molecule has 1 amide bonds. The summed E-state index contributed by atoms with van der Waals surface area (Å²) in [5.41, 5.74) is 0. The third-order valence-corrected chi connectivity index (χ3v) is 10.7. The molecular weight excluding hydrogens is 711 g/mol. The van der Waals surface area contributed by atoms with Crippen molar-refractivity contribution in [2.75, 3.05) is 40.9 Å². The molecule has 3 unspecified atom stereocenters. The lowest BCUT2D eigenvalue weighted by Crippen LogP contribution is -2.46. The van der Waals surface area contributed by atoms with Gasteiger partial charge in [0.2, 0.25) is 5.91 Å². The van der Waals surface area contributed by atoms with Crippen LogP contribution >= 0.6 is 7.82 Å². The zero-order chi connectivity index (χ0) is 40.5. The minimum absolute atomic E-state index is 0.0563. The molecule has 1 fully saturated rings. The first kappa shape index (κ1) is 51.2. The highest BCUT2D eigenvalue weighted by molar-refractivity contribution is 7.47. The van der Waals surface area contributed by atoms with Gasteiger partial charge in [0, 0.05) is 6.42 Å². The molecule has 0 bridgehead atoms. The molecule has 3 N–H and O–H groups in total. The number of quaternary nitrogens is 1. The van der Waals surface area contributed by atoms with Gasteiger partial charge in [-0.25, -0.2) is 4.57 Å². The molecule has 318 valence electrons. The molecule has 0 radical (unpaired) electrons. The van der Waals surface area contributed by atoms with Crippen molar-refractivity contribution in [3.63, 3.8) is 0 Å². The van der Waals surface area contributed by atoms with Gasteiger partial charge in [0.25, 0.3) is 0 Å². The Hall–Kier alpha value is -1.84. The summed E-state index contributed by atoms with van der Waals surface area (Å²) in [6, 6.07) is -0.805. The molecule has 1 rings (SSSR count). The minimum atomic E-state index is -4.34. The number of ether oxygens (including phenoxy) is 1. The molecular formula is C45H82N2O7P+. The number of carbonyl (C=O) groups excluding carboxylic acids is 1. The predicted octanol–water partition coefficient (Wildman–Crippen LogP) is 10.8. The molecule has 0 saturated carbocycles. The number of nitrogens with one attached hydrogen (secondary N) is 1. The van der Waals surface area contributed by atoms with Crippen LogP contribution in [0.15, 0.2) is 60.8 Å². The summed E-state index contributed by atoms with van der Waals surface area (Å²) in [6.07, 6.45) is 44.4. The minimum Gasteiger partial charge on any atom is -0.391 e. The Morgan fingerprint density at radius 1 is 0.727 bits per heavy atom. The summed E-state index contributed by atoms with van der Waals surface area (Å²) in [7, 11) is 1.55. The van der Waals surface area contributed by atoms with Crippen molar-refractivity contribution in [1.82, 2.24) is 5.32 Å². The molecule has 1 heterocycles. The number of epoxide rings is 1. The van der Waals surface area contributed by atoms with Crippen LogP contribution in [0.3, 0.4) is 0 Å². The Bertz CT molecular complexity index is 1150. The molecule has 1 aliphatic heterocycles. The summed E-state index contributed by atoms with van der Waals surface area (Å²) in [5, 5.41) is 13.9. The van der Waals surface area contributed by atoms with Gasteiger partial charge < -0.3 is 24.5 Å². The number of carbonyl (C=O) groups is 1. The van der Waals surface area contributed by atoms with Gasteiger partial charge in [-0.15, -0.1) is 0 Å². The van der Waals surface area contributed by atoms with Crippen LogP contribution in [0.4, 0.5) is 0 Å². The predicted molar refractivity (Wildman–Crippen MR) is 230 cm³/mol. The van der Waals surface area contributed by atoms with Gasteiger partial charge in [0.15, 0.2) is 0 Å². The van der Waals surface area contributed by atoms with E-state index in [4.69, 9.17) is 13.8 Å². The first-order chi connectivity index (χ1) is 26.5. The van der Waals surface area contributed by atoms with E-state index in [1.165, 1.54) is 64.2 Å². The van der Waals surface area contributed by atoms with Gasteiger partial charge in [-0.2, -0.15) is 0 Å². The normalized spacial score (nSPS) is 18.7. The lowest BCUT2D eigenvalue weighted by molar-refractivity contribution is -0.870. The third-order valence-electron chi connectivity index (χ3n) is 9.70. The SMILES string of the molecule is CC/C=C\CC1OC1C/C=C\C/C=C\C/C=C\C/C=C\CCC(=O)N[C@@H](COP(=O)(O)OCC[N+](C)(C)C)[C@H](O)CCCCCCCCCCCCCCC. The maximum absolute atomic E-state index is 12.8. The number of amides is 1. The fourth-order valence-corrected chi connectivity index (χ4v) is 6.84. The maximum atomic E-state index is 12.8.